The van der Waals surface area contributed by atoms with Crippen molar-refractivity contribution in [1.29, 1.82) is 0 Å². The lowest BCUT2D eigenvalue weighted by molar-refractivity contribution is -0.113. The Bertz CT molecular complexity index is 959. The molecule has 1 aliphatic rings. The Hall–Kier alpha value is -2.51. The van der Waals surface area contributed by atoms with Crippen molar-refractivity contribution >= 4 is 46.0 Å². The molecule has 1 amide bonds. The molecule has 1 fully saturated rings. The van der Waals surface area contributed by atoms with E-state index in [9.17, 15) is 4.79 Å². The van der Waals surface area contributed by atoms with Crippen LogP contribution in [0.5, 0.6) is 17.2 Å². The number of thiocarbonyl (C=S) groups is 1. The van der Waals surface area contributed by atoms with Gasteiger partial charge in [-0.05, 0) is 60.9 Å². The predicted octanol–water partition coefficient (Wildman–Crippen LogP) is 4.74. The minimum Gasteiger partial charge on any atom is -0.493 e. The summed E-state index contributed by atoms with van der Waals surface area (Å²) in [6.45, 7) is 4.05. The van der Waals surface area contributed by atoms with Crippen molar-refractivity contribution in [3.8, 4) is 17.2 Å². The van der Waals surface area contributed by atoms with Crippen molar-refractivity contribution in [3.63, 3.8) is 0 Å². The van der Waals surface area contributed by atoms with Crippen LogP contribution in [0, 0.1) is 13.8 Å². The molecule has 0 bridgehead atoms. The minimum atomic E-state index is -0.146. The van der Waals surface area contributed by atoms with E-state index in [0.29, 0.717) is 26.5 Å². The lowest BCUT2D eigenvalue weighted by Gasteiger charge is -2.16. The van der Waals surface area contributed by atoms with Crippen LogP contribution in [0.15, 0.2) is 35.2 Å². The topological polar surface area (TPSA) is 48.0 Å². The highest BCUT2D eigenvalue weighted by Crippen LogP contribution is 2.41. The van der Waals surface area contributed by atoms with Crippen LogP contribution in [0.25, 0.3) is 6.08 Å². The molecule has 0 atom stereocenters. The van der Waals surface area contributed by atoms with E-state index in [0.717, 1.165) is 16.8 Å². The van der Waals surface area contributed by atoms with Crippen LogP contribution in [0.4, 0.5) is 5.69 Å². The zero-order chi connectivity index (χ0) is 20.4. The maximum atomic E-state index is 13.0. The van der Waals surface area contributed by atoms with E-state index in [-0.39, 0.29) is 5.91 Å². The second-order valence-electron chi connectivity index (χ2n) is 6.24. The maximum absolute atomic E-state index is 13.0. The van der Waals surface area contributed by atoms with Crippen LogP contribution in [-0.2, 0) is 4.79 Å². The first-order chi connectivity index (χ1) is 13.4. The first-order valence-electron chi connectivity index (χ1n) is 8.54. The van der Waals surface area contributed by atoms with Gasteiger partial charge in [-0.15, -0.1) is 0 Å². The fraction of sp³-hybridized carbons (Fsp3) is 0.238. The average Bonchev–Trinajstić information content (AvgIpc) is 2.96. The van der Waals surface area contributed by atoms with Gasteiger partial charge < -0.3 is 14.2 Å². The number of nitrogens with zero attached hydrogens (tertiary/aromatic N) is 1. The van der Waals surface area contributed by atoms with Gasteiger partial charge in [-0.3, -0.25) is 9.69 Å². The van der Waals surface area contributed by atoms with Gasteiger partial charge in [-0.2, -0.15) is 0 Å². The largest absolute Gasteiger partial charge is 0.493 e. The number of aryl methyl sites for hydroxylation is 2. The molecule has 0 N–H and O–H groups in total. The molecule has 0 unspecified atom stereocenters. The van der Waals surface area contributed by atoms with Crippen molar-refractivity contribution in [2.45, 2.75) is 13.8 Å². The third-order valence-electron chi connectivity index (χ3n) is 4.53. The lowest BCUT2D eigenvalue weighted by atomic mass is 10.1. The Morgan fingerprint density at radius 3 is 2.14 bits per heavy atom. The number of carbonyl (C=O) groups excluding carboxylic acids is 1. The molecule has 7 heteroatoms. The van der Waals surface area contributed by atoms with Crippen LogP contribution < -0.4 is 19.1 Å². The second-order valence-corrected chi connectivity index (χ2v) is 7.92. The second kappa shape index (κ2) is 8.24. The van der Waals surface area contributed by atoms with Crippen LogP contribution in [0.3, 0.4) is 0 Å². The summed E-state index contributed by atoms with van der Waals surface area (Å²) in [7, 11) is 4.66. The van der Waals surface area contributed by atoms with E-state index in [1.165, 1.54) is 17.3 Å². The molecule has 1 aliphatic heterocycles. The normalized spacial score (nSPS) is 15.3. The van der Waals surface area contributed by atoms with Gasteiger partial charge in [0.15, 0.2) is 15.8 Å². The zero-order valence-corrected chi connectivity index (χ0v) is 18.0. The number of hydrogen-bond acceptors (Lipinski definition) is 6. The van der Waals surface area contributed by atoms with E-state index < -0.39 is 0 Å². The molecule has 0 aromatic heterocycles. The molecule has 0 aliphatic carbocycles. The smallest absolute Gasteiger partial charge is 0.270 e. The molecule has 1 heterocycles. The summed E-state index contributed by atoms with van der Waals surface area (Å²) in [5, 5.41) is 0. The van der Waals surface area contributed by atoms with Crippen molar-refractivity contribution < 1.29 is 19.0 Å². The molecule has 2 aromatic carbocycles. The molecule has 28 heavy (non-hydrogen) atoms. The Kier molecular flexibility index (Phi) is 5.96. The monoisotopic (exact) mass is 415 g/mol. The number of methoxy groups -OCH3 is 3. The van der Waals surface area contributed by atoms with Gasteiger partial charge in [-0.25, -0.2) is 0 Å². The predicted molar refractivity (Wildman–Crippen MR) is 118 cm³/mol. The van der Waals surface area contributed by atoms with Gasteiger partial charge in [0.25, 0.3) is 5.91 Å². The van der Waals surface area contributed by atoms with Gasteiger partial charge in [0.1, 0.15) is 0 Å². The molecule has 1 saturated heterocycles. The minimum absolute atomic E-state index is 0.146. The number of ether oxygens (including phenoxy) is 3. The van der Waals surface area contributed by atoms with Gasteiger partial charge >= 0.3 is 0 Å². The highest BCUT2D eigenvalue weighted by molar-refractivity contribution is 8.27. The Morgan fingerprint density at radius 1 is 0.964 bits per heavy atom. The van der Waals surface area contributed by atoms with Crippen molar-refractivity contribution in [1.82, 2.24) is 0 Å². The van der Waals surface area contributed by atoms with Gasteiger partial charge in [0.2, 0.25) is 5.75 Å². The lowest BCUT2D eigenvalue weighted by Crippen LogP contribution is -2.27. The number of benzene rings is 2. The molecule has 0 spiro atoms. The number of hydrogen-bond donors (Lipinski definition) is 0. The quantitative estimate of drug-likeness (QED) is 0.520. The summed E-state index contributed by atoms with van der Waals surface area (Å²) < 4.78 is 16.6. The maximum Gasteiger partial charge on any atom is 0.270 e. The molecular weight excluding hydrogens is 394 g/mol. The standard InChI is InChI=1S/C21H21NO4S2/c1-12-6-7-15(8-13(12)2)22-20(23)18(28-21(22)27)11-14-9-16(24-3)19(26-5)17(10-14)25-4/h6-11H,1-5H3. The summed E-state index contributed by atoms with van der Waals surface area (Å²) in [4.78, 5) is 15.1. The number of thioether (sulfide) groups is 1. The number of carbonyl (C=O) groups is 1. The highest BCUT2D eigenvalue weighted by Gasteiger charge is 2.33. The van der Waals surface area contributed by atoms with E-state index in [2.05, 4.69) is 0 Å². The Labute approximate surface area is 174 Å². The van der Waals surface area contributed by atoms with E-state index >= 15 is 0 Å². The number of amides is 1. The SMILES string of the molecule is COc1cc(C=C2SC(=S)N(c3ccc(C)c(C)c3)C2=O)cc(OC)c1OC. The third kappa shape index (κ3) is 3.72. The Balaban J connectivity index is 1.99. The van der Waals surface area contributed by atoms with Gasteiger partial charge in [0, 0.05) is 0 Å². The molecule has 0 saturated carbocycles. The molecule has 3 rings (SSSR count). The van der Waals surface area contributed by atoms with Crippen LogP contribution in [0.2, 0.25) is 0 Å². The summed E-state index contributed by atoms with van der Waals surface area (Å²) in [6.07, 6.45) is 1.78. The molecule has 0 radical (unpaired) electrons. The van der Waals surface area contributed by atoms with Crippen molar-refractivity contribution in [2.24, 2.45) is 0 Å². The number of anilines is 1. The van der Waals surface area contributed by atoms with Gasteiger partial charge in [0.05, 0.1) is 31.9 Å². The summed E-state index contributed by atoms with van der Waals surface area (Å²) in [5.74, 6) is 1.41. The van der Waals surface area contributed by atoms with E-state index in [1.807, 2.05) is 32.0 Å². The van der Waals surface area contributed by atoms with Crippen LogP contribution >= 0.6 is 24.0 Å². The van der Waals surface area contributed by atoms with E-state index in [1.54, 1.807) is 44.4 Å². The molecule has 146 valence electrons. The van der Waals surface area contributed by atoms with Crippen LogP contribution in [-0.4, -0.2) is 31.6 Å². The number of rotatable bonds is 5. The first kappa shape index (κ1) is 20.2. The summed E-state index contributed by atoms with van der Waals surface area (Å²) >= 11 is 6.74. The highest BCUT2D eigenvalue weighted by atomic mass is 32.2. The van der Waals surface area contributed by atoms with Crippen molar-refractivity contribution in [2.75, 3.05) is 26.2 Å². The fourth-order valence-corrected chi connectivity index (χ4v) is 4.19. The van der Waals surface area contributed by atoms with Crippen LogP contribution in [0.1, 0.15) is 16.7 Å². The molecular formula is C21H21NO4S2. The summed E-state index contributed by atoms with van der Waals surface area (Å²) in [6, 6.07) is 9.47. The molecule has 2 aromatic rings. The zero-order valence-electron chi connectivity index (χ0n) is 16.4. The third-order valence-corrected chi connectivity index (χ3v) is 5.83. The molecule has 5 nitrogen and oxygen atoms in total. The fourth-order valence-electron chi connectivity index (χ4n) is 2.89. The van der Waals surface area contributed by atoms with Crippen molar-refractivity contribution in [3.05, 3.63) is 51.9 Å². The summed E-state index contributed by atoms with van der Waals surface area (Å²) in [5.41, 5.74) is 3.82. The first-order valence-corrected chi connectivity index (χ1v) is 9.77. The van der Waals surface area contributed by atoms with Gasteiger partial charge in [-0.1, -0.05) is 30.0 Å². The Morgan fingerprint density at radius 2 is 1.61 bits per heavy atom. The average molecular weight is 416 g/mol. The van der Waals surface area contributed by atoms with E-state index in [4.69, 9.17) is 26.4 Å².